The van der Waals surface area contributed by atoms with Crippen LogP contribution in [0.25, 0.3) is 11.4 Å². The summed E-state index contributed by atoms with van der Waals surface area (Å²) < 4.78 is 15.4. The number of carbonyl (C=O) groups is 2. The average molecular weight is 579 g/mol. The van der Waals surface area contributed by atoms with E-state index in [0.717, 1.165) is 61.5 Å². The SMILES string of the molecule is CCCCCCCCOC(=O)c1cc(-n2ccnc2CC)c(-n2ccnc2CC)cc1C(=O)OCCCCCCCC. The largest absolute Gasteiger partial charge is 0.462 e. The van der Waals surface area contributed by atoms with Crippen LogP contribution in [0.4, 0.5) is 0 Å². The molecular weight excluding hydrogens is 528 g/mol. The molecule has 0 bridgehead atoms. The molecule has 42 heavy (non-hydrogen) atoms. The highest BCUT2D eigenvalue weighted by molar-refractivity contribution is 6.04. The molecule has 0 radical (unpaired) electrons. The summed E-state index contributed by atoms with van der Waals surface area (Å²) in [7, 11) is 0. The number of benzene rings is 1. The predicted octanol–water partition coefficient (Wildman–Crippen LogP) is 8.22. The maximum Gasteiger partial charge on any atom is 0.339 e. The maximum absolute atomic E-state index is 13.5. The number of nitrogens with zero attached hydrogens (tertiary/aromatic N) is 4. The Kier molecular flexibility index (Phi) is 14.3. The van der Waals surface area contributed by atoms with Gasteiger partial charge in [-0.3, -0.25) is 0 Å². The molecule has 230 valence electrons. The van der Waals surface area contributed by atoms with Crippen molar-refractivity contribution in [3.63, 3.8) is 0 Å². The summed E-state index contributed by atoms with van der Waals surface area (Å²) in [6.07, 6.45) is 21.8. The molecule has 0 spiro atoms. The standard InChI is InChI=1S/C34H50N4O4/c1-5-9-11-13-15-17-23-41-33(39)27-25-29(37-21-19-35-31(37)7-3)30(38-22-20-36-32(38)8-4)26-28(27)34(40)42-24-18-16-14-12-10-6-2/h19-22,25-26H,5-18,23-24H2,1-4H3. The van der Waals surface area contributed by atoms with Gasteiger partial charge in [0.1, 0.15) is 11.6 Å². The smallest absolute Gasteiger partial charge is 0.339 e. The van der Waals surface area contributed by atoms with Crippen LogP contribution in [0.2, 0.25) is 0 Å². The first kappa shape index (κ1) is 33.1. The van der Waals surface area contributed by atoms with E-state index in [4.69, 9.17) is 9.47 Å². The number of unbranched alkanes of at least 4 members (excludes halogenated alkanes) is 10. The molecule has 1 aromatic carbocycles. The molecule has 8 nitrogen and oxygen atoms in total. The molecule has 0 saturated heterocycles. The Morgan fingerprint density at radius 3 is 1.36 bits per heavy atom. The quantitative estimate of drug-likeness (QED) is 0.0991. The highest BCUT2D eigenvalue weighted by atomic mass is 16.5. The number of hydrogen-bond acceptors (Lipinski definition) is 6. The van der Waals surface area contributed by atoms with Crippen molar-refractivity contribution in [3.05, 3.63) is 59.7 Å². The van der Waals surface area contributed by atoms with Crippen molar-refractivity contribution in [2.75, 3.05) is 13.2 Å². The number of hydrogen-bond donors (Lipinski definition) is 0. The van der Waals surface area contributed by atoms with E-state index < -0.39 is 11.9 Å². The summed E-state index contributed by atoms with van der Waals surface area (Å²) in [6, 6.07) is 3.50. The van der Waals surface area contributed by atoms with E-state index in [9.17, 15) is 9.59 Å². The van der Waals surface area contributed by atoms with E-state index in [0.29, 0.717) is 26.1 Å². The maximum atomic E-state index is 13.5. The molecule has 0 aliphatic rings. The van der Waals surface area contributed by atoms with Crippen LogP contribution in [-0.4, -0.2) is 44.3 Å². The van der Waals surface area contributed by atoms with Crippen LogP contribution in [0.1, 0.15) is 137 Å². The summed E-state index contributed by atoms with van der Waals surface area (Å²) in [5.74, 6) is 0.670. The zero-order valence-electron chi connectivity index (χ0n) is 26.2. The lowest BCUT2D eigenvalue weighted by molar-refractivity contribution is 0.0450. The summed E-state index contributed by atoms with van der Waals surface area (Å²) in [5.41, 5.74) is 1.88. The van der Waals surface area contributed by atoms with Gasteiger partial charge in [-0.05, 0) is 25.0 Å². The Labute approximate surface area is 251 Å². The van der Waals surface area contributed by atoms with Crippen LogP contribution in [0.5, 0.6) is 0 Å². The van der Waals surface area contributed by atoms with Crippen LogP contribution in [0, 0.1) is 0 Å². The first-order chi connectivity index (χ1) is 20.5. The number of aryl methyl sites for hydroxylation is 2. The fourth-order valence-electron chi connectivity index (χ4n) is 5.18. The zero-order valence-corrected chi connectivity index (χ0v) is 26.2. The number of aromatic nitrogens is 4. The van der Waals surface area contributed by atoms with E-state index in [1.807, 2.05) is 35.4 Å². The summed E-state index contributed by atoms with van der Waals surface area (Å²) in [6.45, 7) is 9.11. The van der Waals surface area contributed by atoms with Crippen LogP contribution in [0.3, 0.4) is 0 Å². The van der Waals surface area contributed by atoms with Crippen molar-refractivity contribution >= 4 is 11.9 Å². The number of imidazole rings is 2. The van der Waals surface area contributed by atoms with Crippen molar-refractivity contribution in [1.29, 1.82) is 0 Å². The highest BCUT2D eigenvalue weighted by Gasteiger charge is 2.25. The molecule has 0 atom stereocenters. The van der Waals surface area contributed by atoms with Crippen LogP contribution >= 0.6 is 0 Å². The van der Waals surface area contributed by atoms with Gasteiger partial charge >= 0.3 is 11.9 Å². The molecule has 0 aliphatic carbocycles. The molecule has 8 heteroatoms. The molecule has 2 heterocycles. The summed E-state index contributed by atoms with van der Waals surface area (Å²) in [4.78, 5) is 36.0. The summed E-state index contributed by atoms with van der Waals surface area (Å²) in [5, 5.41) is 0. The third kappa shape index (κ3) is 9.30. The minimum absolute atomic E-state index is 0.210. The molecule has 3 aromatic rings. The summed E-state index contributed by atoms with van der Waals surface area (Å²) >= 11 is 0. The number of carbonyl (C=O) groups excluding carboxylic acids is 2. The molecular formula is C34H50N4O4. The Balaban J connectivity index is 1.93. The minimum Gasteiger partial charge on any atom is -0.462 e. The molecule has 0 aliphatic heterocycles. The van der Waals surface area contributed by atoms with E-state index >= 15 is 0 Å². The third-order valence-corrected chi connectivity index (χ3v) is 7.60. The molecule has 0 fully saturated rings. The van der Waals surface area contributed by atoms with Gasteiger partial charge in [0.2, 0.25) is 0 Å². The Morgan fingerprint density at radius 1 is 0.595 bits per heavy atom. The zero-order chi connectivity index (χ0) is 30.2. The van der Waals surface area contributed by atoms with Crippen molar-refractivity contribution in [2.24, 2.45) is 0 Å². The number of esters is 2. The van der Waals surface area contributed by atoms with Crippen LogP contribution < -0.4 is 0 Å². The Hall–Kier alpha value is -3.42. The second kappa shape index (κ2) is 18.2. The van der Waals surface area contributed by atoms with Crippen molar-refractivity contribution in [3.8, 4) is 11.4 Å². The number of rotatable bonds is 20. The fourth-order valence-corrected chi connectivity index (χ4v) is 5.18. The van der Waals surface area contributed by atoms with E-state index in [2.05, 4.69) is 23.8 Å². The molecule has 0 amide bonds. The van der Waals surface area contributed by atoms with Gasteiger partial charge in [-0.1, -0.05) is 91.9 Å². The first-order valence-corrected chi connectivity index (χ1v) is 16.1. The van der Waals surface area contributed by atoms with E-state index in [1.54, 1.807) is 24.5 Å². The van der Waals surface area contributed by atoms with Crippen molar-refractivity contribution < 1.29 is 19.1 Å². The minimum atomic E-state index is -0.512. The van der Waals surface area contributed by atoms with Crippen LogP contribution in [-0.2, 0) is 22.3 Å². The Bertz CT molecular complexity index is 1150. The van der Waals surface area contributed by atoms with E-state index in [-0.39, 0.29) is 11.1 Å². The Morgan fingerprint density at radius 2 is 0.976 bits per heavy atom. The van der Waals surface area contributed by atoms with Gasteiger partial charge in [-0.25, -0.2) is 19.6 Å². The molecule has 0 saturated carbocycles. The van der Waals surface area contributed by atoms with Gasteiger partial charge in [-0.15, -0.1) is 0 Å². The average Bonchev–Trinajstić information content (AvgIpc) is 3.69. The molecule has 0 unspecified atom stereocenters. The third-order valence-electron chi connectivity index (χ3n) is 7.60. The number of ether oxygens (including phenoxy) is 2. The van der Waals surface area contributed by atoms with Gasteiger partial charge in [-0.2, -0.15) is 0 Å². The van der Waals surface area contributed by atoms with Gasteiger partial charge in [0.05, 0.1) is 35.7 Å². The van der Waals surface area contributed by atoms with Gasteiger partial charge in [0, 0.05) is 37.6 Å². The fraction of sp³-hybridized carbons (Fsp3) is 0.588. The van der Waals surface area contributed by atoms with Gasteiger partial charge in [0.25, 0.3) is 0 Å². The lowest BCUT2D eigenvalue weighted by Crippen LogP contribution is -2.18. The normalized spacial score (nSPS) is 11.1. The lowest BCUT2D eigenvalue weighted by Gasteiger charge is -2.19. The monoisotopic (exact) mass is 578 g/mol. The predicted molar refractivity (Wildman–Crippen MR) is 167 cm³/mol. The van der Waals surface area contributed by atoms with Crippen molar-refractivity contribution in [1.82, 2.24) is 19.1 Å². The van der Waals surface area contributed by atoms with Crippen LogP contribution in [0.15, 0.2) is 36.9 Å². The van der Waals surface area contributed by atoms with Gasteiger partial charge < -0.3 is 18.6 Å². The lowest BCUT2D eigenvalue weighted by atomic mass is 10.0. The molecule has 3 rings (SSSR count). The van der Waals surface area contributed by atoms with Crippen molar-refractivity contribution in [2.45, 2.75) is 118 Å². The topological polar surface area (TPSA) is 88.2 Å². The first-order valence-electron chi connectivity index (χ1n) is 16.1. The second-order valence-electron chi connectivity index (χ2n) is 10.8. The molecule has 2 aromatic heterocycles. The second-order valence-corrected chi connectivity index (χ2v) is 10.8. The highest BCUT2D eigenvalue weighted by Crippen LogP contribution is 2.28. The van der Waals surface area contributed by atoms with E-state index in [1.165, 1.54) is 38.5 Å². The van der Waals surface area contributed by atoms with Gasteiger partial charge in [0.15, 0.2) is 0 Å². The molecule has 0 N–H and O–H groups in total.